The van der Waals surface area contributed by atoms with Crippen molar-refractivity contribution in [1.29, 1.82) is 0 Å². The van der Waals surface area contributed by atoms with Crippen molar-refractivity contribution < 1.29 is 5.11 Å². The molecule has 0 spiro atoms. The number of rotatable bonds is 5. The van der Waals surface area contributed by atoms with Gasteiger partial charge in [-0.05, 0) is 37.0 Å². The van der Waals surface area contributed by atoms with E-state index in [-0.39, 0.29) is 6.10 Å². The molecule has 80 valence electrons. The van der Waals surface area contributed by atoms with Crippen LogP contribution in [-0.4, -0.2) is 11.2 Å². The molecule has 0 amide bonds. The van der Waals surface area contributed by atoms with Crippen LogP contribution in [0.2, 0.25) is 0 Å². The molecule has 0 fully saturated rings. The van der Waals surface area contributed by atoms with Gasteiger partial charge in [0.15, 0.2) is 0 Å². The van der Waals surface area contributed by atoms with Gasteiger partial charge in [0.25, 0.3) is 0 Å². The topological polar surface area (TPSA) is 20.2 Å². The summed E-state index contributed by atoms with van der Waals surface area (Å²) in [7, 11) is 0. The quantitative estimate of drug-likeness (QED) is 0.697. The summed E-state index contributed by atoms with van der Waals surface area (Å²) < 4.78 is 0. The van der Waals surface area contributed by atoms with Gasteiger partial charge in [0.1, 0.15) is 0 Å². The van der Waals surface area contributed by atoms with Crippen LogP contribution in [0.1, 0.15) is 54.4 Å². The minimum atomic E-state index is -0.175. The highest BCUT2D eigenvalue weighted by molar-refractivity contribution is 4.75. The van der Waals surface area contributed by atoms with Crippen molar-refractivity contribution in [3.63, 3.8) is 0 Å². The minimum absolute atomic E-state index is 0.175. The maximum Gasteiger partial charge on any atom is 0.0537 e. The van der Waals surface area contributed by atoms with E-state index in [9.17, 15) is 5.11 Å². The van der Waals surface area contributed by atoms with Crippen molar-refractivity contribution in [2.24, 2.45) is 17.3 Å². The fourth-order valence-corrected chi connectivity index (χ4v) is 2.23. The van der Waals surface area contributed by atoms with E-state index in [1.54, 1.807) is 0 Å². The first kappa shape index (κ1) is 13.0. The van der Waals surface area contributed by atoms with Gasteiger partial charge in [0.05, 0.1) is 6.10 Å². The lowest BCUT2D eigenvalue weighted by Gasteiger charge is -2.30. The van der Waals surface area contributed by atoms with Gasteiger partial charge < -0.3 is 5.11 Å². The van der Waals surface area contributed by atoms with E-state index in [2.05, 4.69) is 34.6 Å². The second-order valence-corrected chi connectivity index (χ2v) is 5.68. The molecule has 1 nitrogen and oxygen atoms in total. The fourth-order valence-electron chi connectivity index (χ4n) is 2.23. The maximum atomic E-state index is 9.42. The smallest absolute Gasteiger partial charge is 0.0537 e. The van der Waals surface area contributed by atoms with Crippen LogP contribution in [0.5, 0.6) is 0 Å². The molecule has 0 heterocycles. The first-order chi connectivity index (χ1) is 5.74. The fraction of sp³-hybridized carbons (Fsp3) is 1.00. The number of hydrogen-bond donors (Lipinski definition) is 1. The Morgan fingerprint density at radius 1 is 1.00 bits per heavy atom. The molecule has 0 saturated heterocycles. The maximum absolute atomic E-state index is 9.42. The summed E-state index contributed by atoms with van der Waals surface area (Å²) in [6.45, 7) is 13.1. The van der Waals surface area contributed by atoms with Crippen molar-refractivity contribution in [2.75, 3.05) is 0 Å². The molecule has 0 aromatic rings. The van der Waals surface area contributed by atoms with Crippen LogP contribution in [0.4, 0.5) is 0 Å². The predicted molar refractivity (Wildman–Crippen MR) is 58.7 cm³/mol. The van der Waals surface area contributed by atoms with Crippen molar-refractivity contribution >= 4 is 0 Å². The first-order valence-electron chi connectivity index (χ1n) is 5.42. The van der Waals surface area contributed by atoms with Crippen LogP contribution in [0.25, 0.3) is 0 Å². The van der Waals surface area contributed by atoms with E-state index in [0.29, 0.717) is 11.3 Å². The lowest BCUT2D eigenvalue weighted by Crippen LogP contribution is -2.23. The summed E-state index contributed by atoms with van der Waals surface area (Å²) in [4.78, 5) is 0. The molecule has 1 heteroatoms. The molecule has 0 aliphatic rings. The second-order valence-electron chi connectivity index (χ2n) is 5.68. The van der Waals surface area contributed by atoms with Crippen molar-refractivity contribution in [2.45, 2.75) is 60.5 Å². The minimum Gasteiger partial charge on any atom is -0.393 e. The Morgan fingerprint density at radius 2 is 1.46 bits per heavy atom. The van der Waals surface area contributed by atoms with Gasteiger partial charge in [-0.3, -0.25) is 0 Å². The van der Waals surface area contributed by atoms with E-state index in [1.807, 2.05) is 6.92 Å². The van der Waals surface area contributed by atoms with E-state index >= 15 is 0 Å². The molecule has 0 aromatic heterocycles. The average Bonchev–Trinajstić information content (AvgIpc) is 1.81. The Labute approximate surface area is 83.5 Å². The van der Waals surface area contributed by atoms with E-state index < -0.39 is 0 Å². The molecule has 0 radical (unpaired) electrons. The summed E-state index contributed by atoms with van der Waals surface area (Å²) in [5.74, 6) is 1.16. The van der Waals surface area contributed by atoms with E-state index in [0.717, 1.165) is 12.3 Å². The van der Waals surface area contributed by atoms with Crippen LogP contribution >= 0.6 is 0 Å². The molecule has 0 aromatic carbocycles. The van der Waals surface area contributed by atoms with Gasteiger partial charge in [-0.15, -0.1) is 0 Å². The van der Waals surface area contributed by atoms with Crippen LogP contribution in [0, 0.1) is 17.3 Å². The van der Waals surface area contributed by atoms with Crippen LogP contribution in [0.3, 0.4) is 0 Å². The van der Waals surface area contributed by atoms with Gasteiger partial charge in [0, 0.05) is 0 Å². The third-order valence-electron chi connectivity index (χ3n) is 2.66. The molecule has 13 heavy (non-hydrogen) atoms. The summed E-state index contributed by atoms with van der Waals surface area (Å²) in [6, 6.07) is 0. The third kappa shape index (κ3) is 6.09. The molecule has 0 aliphatic carbocycles. The van der Waals surface area contributed by atoms with Crippen LogP contribution < -0.4 is 0 Å². The Kier molecular flexibility index (Phi) is 4.98. The van der Waals surface area contributed by atoms with Crippen molar-refractivity contribution in [3.05, 3.63) is 0 Å². The molecule has 2 unspecified atom stereocenters. The molecule has 0 saturated carbocycles. The van der Waals surface area contributed by atoms with Gasteiger partial charge in [-0.25, -0.2) is 0 Å². The number of aliphatic hydroxyl groups excluding tert-OH is 1. The van der Waals surface area contributed by atoms with E-state index in [4.69, 9.17) is 0 Å². The zero-order valence-corrected chi connectivity index (χ0v) is 10.1. The van der Waals surface area contributed by atoms with Gasteiger partial charge in [-0.1, -0.05) is 34.6 Å². The normalized spacial score (nSPS) is 17.5. The summed E-state index contributed by atoms with van der Waals surface area (Å²) in [6.07, 6.45) is 2.18. The SMILES string of the molecule is CC(C)CC(C)(C)CC(C)C(C)O. The number of aliphatic hydroxyl groups is 1. The summed E-state index contributed by atoms with van der Waals surface area (Å²) >= 11 is 0. The summed E-state index contributed by atoms with van der Waals surface area (Å²) in [5, 5.41) is 9.42. The predicted octanol–water partition coefficient (Wildman–Crippen LogP) is 3.47. The highest BCUT2D eigenvalue weighted by Gasteiger charge is 2.24. The Morgan fingerprint density at radius 3 is 1.77 bits per heavy atom. The highest BCUT2D eigenvalue weighted by Crippen LogP contribution is 2.33. The van der Waals surface area contributed by atoms with Crippen molar-refractivity contribution in [1.82, 2.24) is 0 Å². The van der Waals surface area contributed by atoms with Crippen LogP contribution in [-0.2, 0) is 0 Å². The largest absolute Gasteiger partial charge is 0.393 e. The average molecular weight is 186 g/mol. The highest BCUT2D eigenvalue weighted by atomic mass is 16.3. The summed E-state index contributed by atoms with van der Waals surface area (Å²) in [5.41, 5.74) is 0.366. The zero-order valence-electron chi connectivity index (χ0n) is 10.1. The zero-order chi connectivity index (χ0) is 10.6. The second kappa shape index (κ2) is 4.99. The standard InChI is InChI=1S/C12H26O/c1-9(2)7-12(5,6)8-10(3)11(4)13/h9-11,13H,7-8H2,1-6H3. The van der Waals surface area contributed by atoms with Gasteiger partial charge in [-0.2, -0.15) is 0 Å². The Bertz CT molecular complexity index is 136. The van der Waals surface area contributed by atoms with Crippen molar-refractivity contribution in [3.8, 4) is 0 Å². The van der Waals surface area contributed by atoms with Gasteiger partial charge >= 0.3 is 0 Å². The monoisotopic (exact) mass is 186 g/mol. The van der Waals surface area contributed by atoms with Gasteiger partial charge in [0.2, 0.25) is 0 Å². The lowest BCUT2D eigenvalue weighted by atomic mass is 9.76. The third-order valence-corrected chi connectivity index (χ3v) is 2.66. The molecular weight excluding hydrogens is 160 g/mol. The molecule has 0 aliphatic heterocycles. The lowest BCUT2D eigenvalue weighted by molar-refractivity contribution is 0.0954. The molecule has 0 rings (SSSR count). The van der Waals surface area contributed by atoms with E-state index in [1.165, 1.54) is 6.42 Å². The molecular formula is C12H26O. The Hall–Kier alpha value is -0.0400. The first-order valence-corrected chi connectivity index (χ1v) is 5.42. The van der Waals surface area contributed by atoms with Crippen LogP contribution in [0.15, 0.2) is 0 Å². The number of hydrogen-bond acceptors (Lipinski definition) is 1. The Balaban J connectivity index is 4.00. The molecule has 1 N–H and O–H groups in total. The molecule has 2 atom stereocenters. The molecule has 0 bridgehead atoms.